The molecular weight excluding hydrogens is 278 g/mol. The number of nitrogens with one attached hydrogen (secondary N) is 2. The zero-order valence-electron chi connectivity index (χ0n) is 13.2. The lowest BCUT2D eigenvalue weighted by Crippen LogP contribution is -2.31. The third-order valence-electron chi connectivity index (χ3n) is 4.37. The van der Waals surface area contributed by atoms with E-state index in [0.29, 0.717) is 11.5 Å². The molecule has 0 aromatic carbocycles. The Morgan fingerprint density at radius 3 is 3.05 bits per heavy atom. The largest absolute Gasteiger partial charge is 0.366 e. The average molecular weight is 301 g/mol. The standard InChI is InChI=1S/C16H23N5O/c1-3-21-5-4-12(10-21)6-18-16(22)15-9-17-8-14(15)13-7-19-20(2)11-13/h7-9,11-12,17H,3-6,10H2,1-2H3,(H,18,22). The van der Waals surface area contributed by atoms with Crippen LogP contribution in [0.5, 0.6) is 0 Å². The first kappa shape index (κ1) is 14.8. The molecule has 6 heteroatoms. The summed E-state index contributed by atoms with van der Waals surface area (Å²) >= 11 is 0. The van der Waals surface area contributed by atoms with Gasteiger partial charge in [-0.15, -0.1) is 0 Å². The Kier molecular flexibility index (Phi) is 4.29. The van der Waals surface area contributed by atoms with Crippen LogP contribution in [0.25, 0.3) is 11.1 Å². The van der Waals surface area contributed by atoms with Crippen molar-refractivity contribution in [3.8, 4) is 11.1 Å². The molecule has 0 bridgehead atoms. The molecule has 1 amide bonds. The normalized spacial score (nSPS) is 18.7. The number of amides is 1. The second kappa shape index (κ2) is 6.36. The predicted molar refractivity (Wildman–Crippen MR) is 85.5 cm³/mol. The molecule has 1 saturated heterocycles. The summed E-state index contributed by atoms with van der Waals surface area (Å²) in [5.41, 5.74) is 2.53. The molecule has 22 heavy (non-hydrogen) atoms. The highest BCUT2D eigenvalue weighted by atomic mass is 16.1. The number of likely N-dealkylation sites (tertiary alicyclic amines) is 1. The molecule has 1 unspecified atom stereocenters. The Bertz CT molecular complexity index is 645. The Morgan fingerprint density at radius 2 is 2.36 bits per heavy atom. The first-order valence-corrected chi connectivity index (χ1v) is 7.83. The van der Waals surface area contributed by atoms with E-state index in [9.17, 15) is 4.79 Å². The Hall–Kier alpha value is -2.08. The lowest BCUT2D eigenvalue weighted by molar-refractivity contribution is 0.0948. The molecule has 2 aromatic rings. The molecular formula is C16H23N5O. The number of hydrogen-bond donors (Lipinski definition) is 2. The first-order chi connectivity index (χ1) is 10.7. The Morgan fingerprint density at radius 1 is 1.50 bits per heavy atom. The van der Waals surface area contributed by atoms with Crippen molar-refractivity contribution in [3.05, 3.63) is 30.4 Å². The van der Waals surface area contributed by atoms with Crippen LogP contribution in [0.1, 0.15) is 23.7 Å². The lowest BCUT2D eigenvalue weighted by atomic mass is 10.1. The van der Waals surface area contributed by atoms with E-state index in [1.807, 2.05) is 19.4 Å². The highest BCUT2D eigenvalue weighted by Gasteiger charge is 2.22. The number of carbonyl (C=O) groups excluding carboxylic acids is 1. The minimum absolute atomic E-state index is 0.0185. The van der Waals surface area contributed by atoms with Crippen molar-refractivity contribution in [1.29, 1.82) is 0 Å². The van der Waals surface area contributed by atoms with Crippen LogP contribution in [-0.2, 0) is 7.05 Å². The van der Waals surface area contributed by atoms with Crippen LogP contribution in [-0.4, -0.2) is 51.8 Å². The van der Waals surface area contributed by atoms with Crippen molar-refractivity contribution in [2.45, 2.75) is 13.3 Å². The molecule has 1 fully saturated rings. The second-order valence-electron chi connectivity index (χ2n) is 5.94. The molecule has 118 valence electrons. The summed E-state index contributed by atoms with van der Waals surface area (Å²) in [6.45, 7) is 6.24. The molecule has 2 aromatic heterocycles. The van der Waals surface area contributed by atoms with Crippen LogP contribution in [0.4, 0.5) is 0 Å². The van der Waals surface area contributed by atoms with Crippen LogP contribution in [0, 0.1) is 5.92 Å². The van der Waals surface area contributed by atoms with Crippen molar-refractivity contribution in [2.75, 3.05) is 26.2 Å². The van der Waals surface area contributed by atoms with Gasteiger partial charge in [-0.1, -0.05) is 6.92 Å². The number of aromatic nitrogens is 3. The fourth-order valence-corrected chi connectivity index (χ4v) is 3.05. The van der Waals surface area contributed by atoms with Gasteiger partial charge in [-0.25, -0.2) is 0 Å². The van der Waals surface area contributed by atoms with Gasteiger partial charge in [0.2, 0.25) is 0 Å². The van der Waals surface area contributed by atoms with Crippen LogP contribution < -0.4 is 5.32 Å². The molecule has 1 atom stereocenters. The van der Waals surface area contributed by atoms with Gasteiger partial charge in [0.25, 0.3) is 5.91 Å². The number of nitrogens with zero attached hydrogens (tertiary/aromatic N) is 3. The summed E-state index contributed by atoms with van der Waals surface area (Å²) in [6.07, 6.45) is 8.45. The number of aryl methyl sites for hydroxylation is 1. The van der Waals surface area contributed by atoms with Crippen molar-refractivity contribution in [2.24, 2.45) is 13.0 Å². The second-order valence-corrected chi connectivity index (χ2v) is 5.94. The summed E-state index contributed by atoms with van der Waals surface area (Å²) in [6, 6.07) is 0. The maximum atomic E-state index is 12.4. The molecule has 0 radical (unpaired) electrons. The number of H-pyrrole nitrogens is 1. The van der Waals surface area contributed by atoms with Gasteiger partial charge in [-0.2, -0.15) is 5.10 Å². The molecule has 0 saturated carbocycles. The van der Waals surface area contributed by atoms with Crippen LogP contribution in [0.3, 0.4) is 0 Å². The Balaban J connectivity index is 1.63. The van der Waals surface area contributed by atoms with E-state index in [0.717, 1.165) is 43.7 Å². The zero-order valence-corrected chi connectivity index (χ0v) is 13.2. The summed E-state index contributed by atoms with van der Waals surface area (Å²) in [7, 11) is 1.87. The zero-order chi connectivity index (χ0) is 15.5. The molecule has 6 nitrogen and oxygen atoms in total. The van der Waals surface area contributed by atoms with E-state index >= 15 is 0 Å². The third-order valence-corrected chi connectivity index (χ3v) is 4.37. The summed E-state index contributed by atoms with van der Waals surface area (Å²) in [4.78, 5) is 17.9. The van der Waals surface area contributed by atoms with E-state index < -0.39 is 0 Å². The molecule has 3 rings (SSSR count). The van der Waals surface area contributed by atoms with Gasteiger partial charge in [-0.3, -0.25) is 9.48 Å². The van der Waals surface area contributed by atoms with Gasteiger partial charge in [0, 0.05) is 49.9 Å². The average Bonchev–Trinajstić information content (AvgIpc) is 3.24. The topological polar surface area (TPSA) is 66.0 Å². The number of rotatable bonds is 5. The molecule has 0 spiro atoms. The van der Waals surface area contributed by atoms with Gasteiger partial charge in [0.05, 0.1) is 11.8 Å². The maximum absolute atomic E-state index is 12.4. The fourth-order valence-electron chi connectivity index (χ4n) is 3.05. The molecule has 1 aliphatic rings. The van der Waals surface area contributed by atoms with Crippen LogP contribution in [0.2, 0.25) is 0 Å². The van der Waals surface area contributed by atoms with Crippen molar-refractivity contribution < 1.29 is 4.79 Å². The van der Waals surface area contributed by atoms with Gasteiger partial charge < -0.3 is 15.2 Å². The minimum atomic E-state index is -0.0185. The maximum Gasteiger partial charge on any atom is 0.253 e. The number of carbonyl (C=O) groups is 1. The molecule has 2 N–H and O–H groups in total. The SMILES string of the molecule is CCN1CCC(CNC(=O)c2c[nH]cc2-c2cnn(C)c2)C1. The van der Waals surface area contributed by atoms with Gasteiger partial charge in [0.15, 0.2) is 0 Å². The smallest absolute Gasteiger partial charge is 0.253 e. The summed E-state index contributed by atoms with van der Waals surface area (Å²) in [5.74, 6) is 0.541. The van der Waals surface area contributed by atoms with Crippen molar-refractivity contribution in [1.82, 2.24) is 25.0 Å². The predicted octanol–water partition coefficient (Wildman–Crippen LogP) is 1.49. The fraction of sp³-hybridized carbons (Fsp3) is 0.500. The van der Waals surface area contributed by atoms with Gasteiger partial charge >= 0.3 is 0 Å². The van der Waals surface area contributed by atoms with E-state index in [4.69, 9.17) is 0 Å². The van der Waals surface area contributed by atoms with E-state index in [-0.39, 0.29) is 5.91 Å². The number of aromatic amines is 1. The summed E-state index contributed by atoms with van der Waals surface area (Å²) in [5, 5.41) is 7.24. The van der Waals surface area contributed by atoms with Crippen LogP contribution in [0.15, 0.2) is 24.8 Å². The quantitative estimate of drug-likeness (QED) is 0.879. The minimum Gasteiger partial charge on any atom is -0.366 e. The molecule has 0 aliphatic carbocycles. The highest BCUT2D eigenvalue weighted by Crippen LogP contribution is 2.23. The summed E-state index contributed by atoms with van der Waals surface area (Å²) < 4.78 is 1.74. The first-order valence-electron chi connectivity index (χ1n) is 7.83. The van der Waals surface area contributed by atoms with E-state index in [2.05, 4.69) is 27.2 Å². The monoisotopic (exact) mass is 301 g/mol. The van der Waals surface area contributed by atoms with Crippen molar-refractivity contribution >= 4 is 5.91 Å². The van der Waals surface area contributed by atoms with E-state index in [1.54, 1.807) is 17.1 Å². The van der Waals surface area contributed by atoms with Gasteiger partial charge in [0.1, 0.15) is 0 Å². The third kappa shape index (κ3) is 3.06. The van der Waals surface area contributed by atoms with Gasteiger partial charge in [-0.05, 0) is 25.4 Å². The molecule has 1 aliphatic heterocycles. The number of hydrogen-bond acceptors (Lipinski definition) is 3. The molecule has 3 heterocycles. The lowest BCUT2D eigenvalue weighted by Gasteiger charge is -2.13. The highest BCUT2D eigenvalue weighted by molar-refractivity contribution is 6.00. The Labute approximate surface area is 130 Å². The van der Waals surface area contributed by atoms with Crippen molar-refractivity contribution in [3.63, 3.8) is 0 Å². The van der Waals surface area contributed by atoms with Crippen LogP contribution >= 0.6 is 0 Å². The van der Waals surface area contributed by atoms with E-state index in [1.165, 1.54) is 0 Å².